The van der Waals surface area contributed by atoms with Crippen molar-refractivity contribution < 1.29 is 33.3 Å². The van der Waals surface area contributed by atoms with Crippen molar-refractivity contribution in [1.82, 2.24) is 15.2 Å². The highest BCUT2D eigenvalue weighted by Crippen LogP contribution is 2.38. The SMILES string of the molecule is CN(C(=O)O)[C@H](C(=O)Nc1cncc(F)c1CC[C@@H]1CNCC2(CCOCC2)O1)[C@@H](c1ccc(Cl)cc1)C1CCOCC1. The lowest BCUT2D eigenvalue weighted by molar-refractivity contribution is -0.160. The Morgan fingerprint density at radius 1 is 1.16 bits per heavy atom. The molecule has 234 valence electrons. The van der Waals surface area contributed by atoms with Crippen molar-refractivity contribution in [2.24, 2.45) is 5.92 Å². The third kappa shape index (κ3) is 7.64. The van der Waals surface area contributed by atoms with Crippen molar-refractivity contribution in [2.45, 2.75) is 62.2 Å². The number of amides is 2. The summed E-state index contributed by atoms with van der Waals surface area (Å²) in [5.41, 5.74) is 1.06. The molecule has 3 aliphatic rings. The van der Waals surface area contributed by atoms with Crippen molar-refractivity contribution in [3.8, 4) is 0 Å². The smallest absolute Gasteiger partial charge is 0.407 e. The predicted octanol–water partition coefficient (Wildman–Crippen LogP) is 4.47. The van der Waals surface area contributed by atoms with E-state index in [1.807, 2.05) is 12.1 Å². The number of carboxylic acid groups (broad SMARTS) is 1. The van der Waals surface area contributed by atoms with Gasteiger partial charge in [-0.15, -0.1) is 0 Å². The zero-order chi connectivity index (χ0) is 30.4. The molecule has 0 unspecified atom stereocenters. The fraction of sp³-hybridized carbons (Fsp3) is 0.581. The molecule has 0 saturated carbocycles. The minimum Gasteiger partial charge on any atom is -0.465 e. The molecular formula is C31H40ClFN4O6. The first kappa shape index (κ1) is 31.6. The minimum atomic E-state index is -1.24. The maximum atomic E-state index is 15.2. The van der Waals surface area contributed by atoms with Crippen molar-refractivity contribution in [1.29, 1.82) is 0 Å². The van der Waals surface area contributed by atoms with Crippen LogP contribution < -0.4 is 10.6 Å². The third-order valence-corrected chi connectivity index (χ3v) is 9.23. The van der Waals surface area contributed by atoms with Crippen LogP contribution in [0.1, 0.15) is 49.1 Å². The van der Waals surface area contributed by atoms with Crippen LogP contribution in [0.3, 0.4) is 0 Å². The van der Waals surface area contributed by atoms with Gasteiger partial charge in [0.05, 0.1) is 29.8 Å². The molecule has 4 heterocycles. The maximum Gasteiger partial charge on any atom is 0.407 e. The molecule has 1 aromatic carbocycles. The second-order valence-electron chi connectivity index (χ2n) is 11.7. The molecule has 43 heavy (non-hydrogen) atoms. The van der Waals surface area contributed by atoms with Crippen LogP contribution in [-0.4, -0.2) is 91.3 Å². The number of hydrogen-bond donors (Lipinski definition) is 3. The molecule has 2 amide bonds. The molecule has 1 spiro atoms. The summed E-state index contributed by atoms with van der Waals surface area (Å²) >= 11 is 6.16. The van der Waals surface area contributed by atoms with Crippen LogP contribution in [0.25, 0.3) is 0 Å². The van der Waals surface area contributed by atoms with E-state index in [4.69, 9.17) is 25.8 Å². The minimum absolute atomic E-state index is 0.0222. The van der Waals surface area contributed by atoms with E-state index in [2.05, 4.69) is 15.6 Å². The molecule has 3 atom stereocenters. The van der Waals surface area contributed by atoms with Gasteiger partial charge in [0.25, 0.3) is 0 Å². The van der Waals surface area contributed by atoms with E-state index in [1.165, 1.54) is 13.2 Å². The first-order chi connectivity index (χ1) is 20.8. The van der Waals surface area contributed by atoms with Crippen LogP contribution in [0.4, 0.5) is 14.9 Å². The van der Waals surface area contributed by atoms with Crippen molar-refractivity contribution in [2.75, 3.05) is 51.9 Å². The van der Waals surface area contributed by atoms with E-state index >= 15 is 4.39 Å². The average molecular weight is 619 g/mol. The molecule has 2 aromatic rings. The highest BCUT2D eigenvalue weighted by molar-refractivity contribution is 6.30. The fourth-order valence-corrected chi connectivity index (χ4v) is 6.73. The number of carbonyl (C=O) groups is 2. The molecule has 0 aliphatic carbocycles. The van der Waals surface area contributed by atoms with E-state index in [0.717, 1.165) is 36.0 Å². The van der Waals surface area contributed by atoms with Gasteiger partial charge in [-0.1, -0.05) is 23.7 Å². The third-order valence-electron chi connectivity index (χ3n) is 8.98. The summed E-state index contributed by atoms with van der Waals surface area (Å²) < 4.78 is 32.8. The van der Waals surface area contributed by atoms with Crippen LogP contribution in [0, 0.1) is 11.7 Å². The Morgan fingerprint density at radius 2 is 1.86 bits per heavy atom. The van der Waals surface area contributed by atoms with Gasteiger partial charge in [-0.25, -0.2) is 9.18 Å². The first-order valence-electron chi connectivity index (χ1n) is 14.9. The molecule has 10 nitrogen and oxygen atoms in total. The summed E-state index contributed by atoms with van der Waals surface area (Å²) in [6.45, 7) is 3.75. The molecule has 3 aliphatic heterocycles. The Bertz CT molecular complexity index is 1250. The number of aromatic nitrogens is 1. The van der Waals surface area contributed by atoms with Gasteiger partial charge in [0.2, 0.25) is 5.91 Å². The van der Waals surface area contributed by atoms with Crippen LogP contribution in [0.5, 0.6) is 0 Å². The van der Waals surface area contributed by atoms with E-state index in [-0.39, 0.29) is 23.3 Å². The zero-order valence-corrected chi connectivity index (χ0v) is 25.2. The number of nitrogens with zero attached hydrogens (tertiary/aromatic N) is 2. The summed E-state index contributed by atoms with van der Waals surface area (Å²) in [5, 5.41) is 16.9. The highest BCUT2D eigenvalue weighted by atomic mass is 35.5. The van der Waals surface area contributed by atoms with Gasteiger partial charge < -0.3 is 30.0 Å². The fourth-order valence-electron chi connectivity index (χ4n) is 6.60. The standard InChI is InChI=1S/C31H40ClFN4O6/c1-37(30(39)40)28(27(21-8-12-41-13-9-21)20-2-4-22(32)5-3-20)29(38)36-26-18-34-17-25(33)24(26)7-6-23-16-35-19-31(43-23)10-14-42-15-11-31/h2-5,17-18,21,23,27-28,35H,6-16,19H2,1H3,(H,36,38)(H,39,40)/t23-,27+,28+/m1/s1. The van der Waals surface area contributed by atoms with E-state index < -0.39 is 29.8 Å². The van der Waals surface area contributed by atoms with Gasteiger partial charge in [0.1, 0.15) is 11.9 Å². The molecule has 3 N–H and O–H groups in total. The predicted molar refractivity (Wildman–Crippen MR) is 159 cm³/mol. The molecule has 0 radical (unpaired) electrons. The Balaban J connectivity index is 1.38. The quantitative estimate of drug-likeness (QED) is 0.376. The topological polar surface area (TPSA) is 122 Å². The summed E-state index contributed by atoms with van der Waals surface area (Å²) in [6.07, 6.45) is 4.97. The number of nitrogens with one attached hydrogen (secondary N) is 2. The zero-order valence-electron chi connectivity index (χ0n) is 24.4. The molecule has 1 aromatic heterocycles. The number of ether oxygens (including phenoxy) is 3. The lowest BCUT2D eigenvalue weighted by Gasteiger charge is -2.44. The summed E-state index contributed by atoms with van der Waals surface area (Å²) in [6, 6.07) is 6.03. The van der Waals surface area contributed by atoms with Crippen molar-refractivity contribution >= 4 is 29.3 Å². The normalized spacial score (nSPS) is 22.1. The van der Waals surface area contributed by atoms with E-state index in [9.17, 15) is 14.7 Å². The van der Waals surface area contributed by atoms with Crippen LogP contribution in [0.15, 0.2) is 36.7 Å². The second kappa shape index (κ2) is 14.3. The van der Waals surface area contributed by atoms with Crippen LogP contribution in [0.2, 0.25) is 5.02 Å². The number of hydrogen-bond acceptors (Lipinski definition) is 7. The molecule has 5 rings (SSSR count). The Labute approximate surface area is 256 Å². The lowest BCUT2D eigenvalue weighted by Crippen LogP contribution is -2.56. The van der Waals surface area contributed by atoms with Crippen molar-refractivity contribution in [3.05, 3.63) is 58.6 Å². The monoisotopic (exact) mass is 618 g/mol. The first-order valence-corrected chi connectivity index (χ1v) is 15.3. The number of anilines is 1. The number of pyridine rings is 1. The number of morpholine rings is 1. The van der Waals surface area contributed by atoms with Gasteiger partial charge in [0.15, 0.2) is 0 Å². The largest absolute Gasteiger partial charge is 0.465 e. The summed E-state index contributed by atoms with van der Waals surface area (Å²) in [7, 11) is 1.39. The van der Waals surface area contributed by atoms with E-state index in [1.54, 1.807) is 12.1 Å². The molecule has 12 heteroatoms. The van der Waals surface area contributed by atoms with Gasteiger partial charge in [-0.3, -0.25) is 14.7 Å². The van der Waals surface area contributed by atoms with Gasteiger partial charge in [-0.05, 0) is 49.3 Å². The van der Waals surface area contributed by atoms with E-state index in [0.29, 0.717) is 69.2 Å². The Kier molecular flexibility index (Phi) is 10.5. The number of rotatable bonds is 9. The number of halogens is 2. The summed E-state index contributed by atoms with van der Waals surface area (Å²) in [5.74, 6) is -1.60. The number of benzene rings is 1. The number of likely N-dealkylation sites (N-methyl/N-ethyl adjacent to an activating group) is 1. The van der Waals surface area contributed by atoms with Gasteiger partial charge in [-0.2, -0.15) is 0 Å². The van der Waals surface area contributed by atoms with Crippen molar-refractivity contribution in [3.63, 3.8) is 0 Å². The van der Waals surface area contributed by atoms with Crippen LogP contribution in [-0.2, 0) is 25.4 Å². The van der Waals surface area contributed by atoms with Gasteiger partial charge >= 0.3 is 6.09 Å². The lowest BCUT2D eigenvalue weighted by atomic mass is 9.76. The molecule has 3 fully saturated rings. The Morgan fingerprint density at radius 3 is 2.56 bits per heavy atom. The average Bonchev–Trinajstić information content (AvgIpc) is 3.00. The molecular weight excluding hydrogens is 579 g/mol. The Hall–Kier alpha value is -2.83. The van der Waals surface area contributed by atoms with Gasteiger partial charge in [0, 0.05) is 75.9 Å². The van der Waals surface area contributed by atoms with Crippen LogP contribution >= 0.6 is 11.6 Å². The maximum absolute atomic E-state index is 15.2. The number of carbonyl (C=O) groups excluding carboxylic acids is 1. The second-order valence-corrected chi connectivity index (χ2v) is 12.1. The molecule has 3 saturated heterocycles. The highest BCUT2D eigenvalue weighted by Gasteiger charge is 2.41. The molecule has 0 bridgehead atoms. The summed E-state index contributed by atoms with van der Waals surface area (Å²) in [4.78, 5) is 31.4.